The van der Waals surface area contributed by atoms with Gasteiger partial charge in [-0.25, -0.2) is 0 Å². The van der Waals surface area contributed by atoms with Gasteiger partial charge in [0.15, 0.2) is 0 Å². The van der Waals surface area contributed by atoms with Gasteiger partial charge in [-0.05, 0) is 81.2 Å². The minimum atomic E-state index is -0.932. The number of likely N-dealkylation sites (tertiary alicyclic amines) is 1. The van der Waals surface area contributed by atoms with E-state index in [-0.39, 0.29) is 41.5 Å². The van der Waals surface area contributed by atoms with Crippen LogP contribution in [0.2, 0.25) is 0 Å². The summed E-state index contributed by atoms with van der Waals surface area (Å²) in [6, 6.07) is 4.78. The first-order valence-corrected chi connectivity index (χ1v) is 14.1. The molecule has 35 heavy (non-hydrogen) atoms. The van der Waals surface area contributed by atoms with Crippen LogP contribution in [-0.4, -0.2) is 57.7 Å². The van der Waals surface area contributed by atoms with E-state index in [1.165, 1.54) is 30.5 Å². The molecule has 1 saturated heterocycles. The number of nitrogens with zero attached hydrogens (tertiary/aromatic N) is 1. The number of piperidine rings is 1. The lowest BCUT2D eigenvalue weighted by molar-refractivity contribution is -0.289. The van der Waals surface area contributed by atoms with Gasteiger partial charge < -0.3 is 20.1 Å². The Kier molecular flexibility index (Phi) is 4.49. The van der Waals surface area contributed by atoms with Crippen molar-refractivity contribution in [1.82, 2.24) is 4.90 Å². The molecule has 1 aromatic rings. The van der Waals surface area contributed by atoms with E-state index in [0.29, 0.717) is 6.04 Å². The second kappa shape index (κ2) is 6.83. The predicted octanol–water partition coefficient (Wildman–Crippen LogP) is 3.79. The molecule has 7 atom stereocenters. The van der Waals surface area contributed by atoms with E-state index in [4.69, 9.17) is 4.74 Å². The van der Waals surface area contributed by atoms with E-state index in [1.807, 2.05) is 6.92 Å². The summed E-state index contributed by atoms with van der Waals surface area (Å²) in [6.07, 6.45) is 7.62. The first kappa shape index (κ1) is 23.0. The van der Waals surface area contributed by atoms with Gasteiger partial charge >= 0.3 is 0 Å². The second-order valence-electron chi connectivity index (χ2n) is 14.3. The zero-order valence-electron chi connectivity index (χ0n) is 21.9. The SMILES string of the molecule is CC(C)(C)[C@](C)(O)[C@H]1C[C@@]23CC[C@]1(CO)[C@@H]1Oc4c(CO)ccc5c4[C@@]12CCN(CC1CC1)[C@@H]3C5. The summed E-state index contributed by atoms with van der Waals surface area (Å²) >= 11 is 0. The number of aliphatic hydroxyl groups excluding tert-OH is 2. The Morgan fingerprint density at radius 1 is 1.09 bits per heavy atom. The standard InChI is InChI=1S/C30H43NO4/c1-26(2,3)27(4,34)21-14-29-10-9-28(21,17-33)25-30(29)11-12-31(15-18-5-6-18)22(29)13-19-7-8-20(16-32)24(35-25)23(19)30/h7-8,18,21-22,25,32-34H,5-6,9-17H2,1-4H3/t21-,22-,25+,27-,28-,29-,30+/m1/s1. The van der Waals surface area contributed by atoms with Crippen LogP contribution in [0.5, 0.6) is 5.75 Å². The molecule has 0 aromatic heterocycles. The summed E-state index contributed by atoms with van der Waals surface area (Å²) in [5.41, 5.74) is 1.82. The molecule has 2 spiro atoms. The maximum Gasteiger partial charge on any atom is 0.129 e. The van der Waals surface area contributed by atoms with Crippen molar-refractivity contribution < 1.29 is 20.1 Å². The van der Waals surface area contributed by atoms with Crippen molar-refractivity contribution in [3.8, 4) is 5.75 Å². The zero-order chi connectivity index (χ0) is 24.6. The number of hydrogen-bond acceptors (Lipinski definition) is 5. The van der Waals surface area contributed by atoms with Crippen LogP contribution in [0.1, 0.15) is 82.9 Å². The van der Waals surface area contributed by atoms with Crippen LogP contribution in [0.15, 0.2) is 12.1 Å². The summed E-state index contributed by atoms with van der Waals surface area (Å²) in [5, 5.41) is 33.7. The molecule has 7 aliphatic rings. The molecule has 5 heteroatoms. The van der Waals surface area contributed by atoms with Crippen LogP contribution < -0.4 is 4.74 Å². The molecule has 192 valence electrons. The van der Waals surface area contributed by atoms with Crippen LogP contribution >= 0.6 is 0 Å². The smallest absolute Gasteiger partial charge is 0.129 e. The van der Waals surface area contributed by atoms with Crippen molar-refractivity contribution in [2.24, 2.45) is 28.1 Å². The maximum absolute atomic E-state index is 12.2. The first-order chi connectivity index (χ1) is 16.6. The molecule has 5 fully saturated rings. The van der Waals surface area contributed by atoms with Crippen LogP contribution in [0.4, 0.5) is 0 Å². The Bertz CT molecular complexity index is 1070. The maximum atomic E-state index is 12.2. The molecule has 1 aromatic carbocycles. The Morgan fingerprint density at radius 2 is 1.86 bits per heavy atom. The van der Waals surface area contributed by atoms with Gasteiger partial charge in [-0.15, -0.1) is 0 Å². The number of aliphatic hydroxyl groups is 3. The van der Waals surface area contributed by atoms with Crippen LogP contribution in [-0.2, 0) is 18.4 Å². The van der Waals surface area contributed by atoms with E-state index in [1.54, 1.807) is 0 Å². The molecule has 4 bridgehead atoms. The lowest BCUT2D eigenvalue weighted by Gasteiger charge is -2.76. The Balaban J connectivity index is 1.48. The zero-order valence-corrected chi connectivity index (χ0v) is 21.9. The number of hydrogen-bond donors (Lipinski definition) is 3. The Morgan fingerprint density at radius 3 is 2.51 bits per heavy atom. The topological polar surface area (TPSA) is 73.2 Å². The summed E-state index contributed by atoms with van der Waals surface area (Å²) in [5.74, 6) is 1.72. The minimum Gasteiger partial charge on any atom is -0.488 e. The van der Waals surface area contributed by atoms with Gasteiger partial charge in [0.05, 0.1) is 18.8 Å². The van der Waals surface area contributed by atoms with Gasteiger partial charge in [-0.2, -0.15) is 0 Å². The van der Waals surface area contributed by atoms with Crippen LogP contribution in [0.3, 0.4) is 0 Å². The van der Waals surface area contributed by atoms with Crippen molar-refractivity contribution in [2.45, 2.75) is 102 Å². The predicted molar refractivity (Wildman–Crippen MR) is 134 cm³/mol. The lowest BCUT2D eigenvalue weighted by Crippen LogP contribution is -2.81. The number of ether oxygens (including phenoxy) is 1. The highest BCUT2D eigenvalue weighted by Gasteiger charge is 2.81. The van der Waals surface area contributed by atoms with Crippen molar-refractivity contribution in [1.29, 1.82) is 0 Å². The summed E-state index contributed by atoms with van der Waals surface area (Å²) < 4.78 is 7.04. The average molecular weight is 482 g/mol. The number of rotatable bonds is 5. The van der Waals surface area contributed by atoms with Crippen molar-refractivity contribution >= 4 is 0 Å². The number of fused-ring (bicyclic) bond motifs is 2. The summed E-state index contributed by atoms with van der Waals surface area (Å²) in [7, 11) is 0. The fourth-order valence-electron chi connectivity index (χ4n) is 9.94. The van der Waals surface area contributed by atoms with Gasteiger partial charge in [0, 0.05) is 40.0 Å². The van der Waals surface area contributed by atoms with E-state index < -0.39 is 11.0 Å². The molecule has 0 amide bonds. The molecule has 3 N–H and O–H groups in total. The monoisotopic (exact) mass is 481 g/mol. The van der Waals surface area contributed by atoms with E-state index in [2.05, 4.69) is 37.8 Å². The fourth-order valence-corrected chi connectivity index (χ4v) is 9.94. The average Bonchev–Trinajstić information content (AvgIpc) is 3.56. The van der Waals surface area contributed by atoms with Crippen molar-refractivity contribution in [2.75, 3.05) is 19.7 Å². The van der Waals surface area contributed by atoms with Gasteiger partial charge in [-0.1, -0.05) is 32.9 Å². The molecule has 4 saturated carbocycles. The third-order valence-electron chi connectivity index (χ3n) is 12.3. The highest BCUT2D eigenvalue weighted by Crippen LogP contribution is 2.79. The summed E-state index contributed by atoms with van der Waals surface area (Å²) in [4.78, 5) is 2.82. The third kappa shape index (κ3) is 2.50. The van der Waals surface area contributed by atoms with Gasteiger partial charge in [-0.3, -0.25) is 4.90 Å². The Labute approximate surface area is 209 Å². The van der Waals surface area contributed by atoms with Crippen molar-refractivity contribution in [3.63, 3.8) is 0 Å². The molecule has 8 rings (SSSR count). The molecular formula is C30H43NO4. The highest BCUT2D eigenvalue weighted by atomic mass is 16.5. The molecular weight excluding hydrogens is 438 g/mol. The van der Waals surface area contributed by atoms with E-state index in [9.17, 15) is 15.3 Å². The fraction of sp³-hybridized carbons (Fsp3) is 0.800. The minimum absolute atomic E-state index is 0.0229. The molecule has 5 nitrogen and oxygen atoms in total. The Hall–Kier alpha value is -1.14. The first-order valence-electron chi connectivity index (χ1n) is 14.1. The number of benzene rings is 1. The highest BCUT2D eigenvalue weighted by molar-refractivity contribution is 5.61. The molecule has 2 aliphatic heterocycles. The summed E-state index contributed by atoms with van der Waals surface area (Å²) in [6.45, 7) is 10.8. The van der Waals surface area contributed by atoms with Crippen LogP contribution in [0.25, 0.3) is 0 Å². The van der Waals surface area contributed by atoms with Gasteiger partial charge in [0.1, 0.15) is 11.9 Å². The molecule has 0 unspecified atom stereocenters. The molecule has 5 aliphatic carbocycles. The van der Waals surface area contributed by atoms with Gasteiger partial charge in [0.2, 0.25) is 0 Å². The van der Waals surface area contributed by atoms with Crippen LogP contribution in [0, 0.1) is 28.1 Å². The van der Waals surface area contributed by atoms with Crippen molar-refractivity contribution in [3.05, 3.63) is 28.8 Å². The molecule has 0 radical (unpaired) electrons. The second-order valence-corrected chi connectivity index (χ2v) is 14.3. The quantitative estimate of drug-likeness (QED) is 0.597. The largest absolute Gasteiger partial charge is 0.488 e. The van der Waals surface area contributed by atoms with E-state index in [0.717, 1.165) is 55.9 Å². The third-order valence-corrected chi connectivity index (χ3v) is 12.3. The van der Waals surface area contributed by atoms with Gasteiger partial charge in [0.25, 0.3) is 0 Å². The molecule has 2 heterocycles. The van der Waals surface area contributed by atoms with E-state index >= 15 is 0 Å². The lowest BCUT2D eigenvalue weighted by atomic mass is 9.31. The normalized spacial score (nSPS) is 43.0.